The molecule has 0 saturated carbocycles. The highest BCUT2D eigenvalue weighted by molar-refractivity contribution is 5.86. The lowest BCUT2D eigenvalue weighted by atomic mass is 9.99. The Morgan fingerprint density at radius 1 is 1.40 bits per heavy atom. The first-order valence-electron chi connectivity index (χ1n) is 6.29. The van der Waals surface area contributed by atoms with Gasteiger partial charge in [0.1, 0.15) is 17.7 Å². The number of nitriles is 1. The summed E-state index contributed by atoms with van der Waals surface area (Å²) in [6, 6.07) is 10.6. The molecule has 0 bridgehead atoms. The molecule has 0 aliphatic rings. The van der Waals surface area contributed by atoms with Crippen molar-refractivity contribution < 1.29 is 9.21 Å². The van der Waals surface area contributed by atoms with E-state index in [9.17, 15) is 10.1 Å². The Labute approximate surface area is 117 Å². The Bertz CT molecular complexity index is 628. The molecule has 2 unspecified atom stereocenters. The molecule has 1 heterocycles. The first-order chi connectivity index (χ1) is 9.61. The first kappa shape index (κ1) is 13.8. The van der Waals surface area contributed by atoms with E-state index in [1.165, 1.54) is 0 Å². The summed E-state index contributed by atoms with van der Waals surface area (Å²) in [6.07, 6.45) is 1.59. The van der Waals surface area contributed by atoms with Crippen LogP contribution in [-0.2, 0) is 4.79 Å². The molecule has 2 atom stereocenters. The Morgan fingerprint density at radius 2 is 2.10 bits per heavy atom. The fraction of sp³-hybridized carbons (Fsp3) is 0.267. The molecular formula is C15H15N3O2. The van der Waals surface area contributed by atoms with Crippen LogP contribution in [0.15, 0.2) is 40.9 Å². The molecule has 5 nitrogen and oxygen atoms in total. The second-order valence-electron chi connectivity index (χ2n) is 4.51. The fourth-order valence-electron chi connectivity index (χ4n) is 1.86. The van der Waals surface area contributed by atoms with E-state index in [1.807, 2.05) is 12.1 Å². The van der Waals surface area contributed by atoms with Crippen molar-refractivity contribution in [3.8, 4) is 6.07 Å². The number of carbonyl (C=O) groups is 1. The highest BCUT2D eigenvalue weighted by Gasteiger charge is 2.23. The largest absolute Gasteiger partial charge is 0.444 e. The minimum absolute atomic E-state index is 0.359. The van der Waals surface area contributed by atoms with E-state index in [2.05, 4.69) is 10.3 Å². The lowest BCUT2D eigenvalue weighted by molar-refractivity contribution is -0.122. The van der Waals surface area contributed by atoms with E-state index < -0.39 is 5.92 Å². The summed E-state index contributed by atoms with van der Waals surface area (Å²) in [7, 11) is 0. The smallest absolute Gasteiger partial charge is 0.242 e. The van der Waals surface area contributed by atoms with Gasteiger partial charge in [0.05, 0.1) is 12.3 Å². The molecule has 1 aromatic carbocycles. The Balaban J connectivity index is 2.09. The second kappa shape index (κ2) is 6.02. The normalized spacial score (nSPS) is 13.2. The third-order valence-electron chi connectivity index (χ3n) is 2.89. The summed E-state index contributed by atoms with van der Waals surface area (Å²) >= 11 is 0. The highest BCUT2D eigenvalue weighted by Crippen LogP contribution is 2.18. The van der Waals surface area contributed by atoms with Crippen LogP contribution in [0.1, 0.15) is 36.1 Å². The van der Waals surface area contributed by atoms with Crippen LogP contribution in [0.2, 0.25) is 0 Å². The molecule has 0 saturated heterocycles. The number of carbonyl (C=O) groups excluding carboxylic acids is 1. The number of amides is 1. The highest BCUT2D eigenvalue weighted by atomic mass is 16.4. The predicted octanol–water partition coefficient (Wildman–Crippen LogP) is 2.47. The maximum absolute atomic E-state index is 12.2. The minimum Gasteiger partial charge on any atom is -0.444 e. The fourth-order valence-corrected chi connectivity index (χ4v) is 1.86. The van der Waals surface area contributed by atoms with Crippen LogP contribution in [0.25, 0.3) is 0 Å². The Hall–Kier alpha value is -2.61. The zero-order valence-electron chi connectivity index (χ0n) is 11.3. The number of nitrogens with one attached hydrogen (secondary N) is 1. The lowest BCUT2D eigenvalue weighted by Gasteiger charge is -2.14. The number of hydrogen-bond acceptors (Lipinski definition) is 4. The lowest BCUT2D eigenvalue weighted by Crippen LogP contribution is -2.31. The molecule has 1 amide bonds. The topological polar surface area (TPSA) is 78.9 Å². The van der Waals surface area contributed by atoms with Crippen LogP contribution < -0.4 is 5.32 Å². The average molecular weight is 269 g/mol. The van der Waals surface area contributed by atoms with Crippen molar-refractivity contribution >= 4 is 5.91 Å². The molecule has 20 heavy (non-hydrogen) atoms. The standard InChI is InChI=1S/C15H15N3O2/c1-10-9-17-15(20-10)11(2)18-14(19)13(8-16)12-6-4-3-5-7-12/h3-7,9,11,13H,1-2H3,(H,18,19). The SMILES string of the molecule is Cc1cnc(C(C)NC(=O)C(C#N)c2ccccc2)o1. The Kier molecular flexibility index (Phi) is 4.16. The van der Waals surface area contributed by atoms with E-state index >= 15 is 0 Å². The third-order valence-corrected chi connectivity index (χ3v) is 2.89. The van der Waals surface area contributed by atoms with E-state index in [0.717, 1.165) is 0 Å². The molecule has 2 rings (SSSR count). The number of oxazole rings is 1. The van der Waals surface area contributed by atoms with Gasteiger partial charge in [-0.15, -0.1) is 0 Å². The van der Waals surface area contributed by atoms with Gasteiger partial charge in [-0.2, -0.15) is 5.26 Å². The van der Waals surface area contributed by atoms with E-state index in [0.29, 0.717) is 17.2 Å². The molecule has 2 aromatic rings. The molecule has 0 radical (unpaired) electrons. The van der Waals surface area contributed by atoms with Gasteiger partial charge in [-0.1, -0.05) is 30.3 Å². The molecule has 0 fully saturated rings. The molecule has 1 aromatic heterocycles. The number of benzene rings is 1. The summed E-state index contributed by atoms with van der Waals surface area (Å²) in [4.78, 5) is 16.2. The van der Waals surface area contributed by atoms with Gasteiger partial charge in [-0.05, 0) is 19.4 Å². The van der Waals surface area contributed by atoms with E-state index in [-0.39, 0.29) is 11.9 Å². The summed E-state index contributed by atoms with van der Waals surface area (Å²) in [5.41, 5.74) is 0.670. The predicted molar refractivity (Wildman–Crippen MR) is 72.6 cm³/mol. The van der Waals surface area contributed by atoms with Crippen LogP contribution >= 0.6 is 0 Å². The minimum atomic E-state index is -0.838. The number of rotatable bonds is 4. The average Bonchev–Trinajstić information content (AvgIpc) is 2.87. The summed E-state index contributed by atoms with van der Waals surface area (Å²) < 4.78 is 5.36. The molecule has 0 aliphatic carbocycles. The van der Waals surface area contributed by atoms with Crippen LogP contribution in [0, 0.1) is 18.3 Å². The van der Waals surface area contributed by atoms with Gasteiger partial charge >= 0.3 is 0 Å². The third kappa shape index (κ3) is 3.04. The van der Waals surface area contributed by atoms with Crippen molar-refractivity contribution in [1.82, 2.24) is 10.3 Å². The van der Waals surface area contributed by atoms with Gasteiger partial charge in [0, 0.05) is 0 Å². The van der Waals surface area contributed by atoms with Gasteiger partial charge in [0.25, 0.3) is 0 Å². The van der Waals surface area contributed by atoms with Crippen molar-refractivity contribution in [3.63, 3.8) is 0 Å². The zero-order valence-corrected chi connectivity index (χ0v) is 11.3. The maximum atomic E-state index is 12.2. The van der Waals surface area contributed by atoms with Crippen LogP contribution in [0.4, 0.5) is 0 Å². The van der Waals surface area contributed by atoms with Gasteiger partial charge in [0.2, 0.25) is 11.8 Å². The maximum Gasteiger partial charge on any atom is 0.242 e. The van der Waals surface area contributed by atoms with Gasteiger partial charge in [0.15, 0.2) is 0 Å². The van der Waals surface area contributed by atoms with Crippen LogP contribution in [0.5, 0.6) is 0 Å². The van der Waals surface area contributed by atoms with Crippen molar-refractivity contribution in [2.24, 2.45) is 0 Å². The van der Waals surface area contributed by atoms with Crippen LogP contribution in [0.3, 0.4) is 0 Å². The number of hydrogen-bond donors (Lipinski definition) is 1. The molecule has 1 N–H and O–H groups in total. The van der Waals surface area contributed by atoms with Gasteiger partial charge in [-0.3, -0.25) is 4.79 Å². The van der Waals surface area contributed by atoms with Crippen molar-refractivity contribution in [3.05, 3.63) is 53.7 Å². The first-order valence-corrected chi connectivity index (χ1v) is 6.29. The Morgan fingerprint density at radius 3 is 2.65 bits per heavy atom. The molecule has 102 valence electrons. The van der Waals surface area contributed by atoms with Crippen molar-refractivity contribution in [2.75, 3.05) is 0 Å². The summed E-state index contributed by atoms with van der Waals surface area (Å²) in [6.45, 7) is 3.55. The molecule has 0 aliphatic heterocycles. The zero-order chi connectivity index (χ0) is 14.5. The molecule has 0 spiro atoms. The number of aromatic nitrogens is 1. The van der Waals surface area contributed by atoms with Gasteiger partial charge < -0.3 is 9.73 Å². The summed E-state index contributed by atoms with van der Waals surface area (Å²) in [5, 5.41) is 11.9. The summed E-state index contributed by atoms with van der Waals surface area (Å²) in [5.74, 6) is -0.0849. The second-order valence-corrected chi connectivity index (χ2v) is 4.51. The number of aryl methyl sites for hydroxylation is 1. The van der Waals surface area contributed by atoms with Crippen molar-refractivity contribution in [2.45, 2.75) is 25.8 Å². The van der Waals surface area contributed by atoms with Gasteiger partial charge in [-0.25, -0.2) is 4.98 Å². The molecular weight excluding hydrogens is 254 g/mol. The van der Waals surface area contributed by atoms with E-state index in [1.54, 1.807) is 44.3 Å². The van der Waals surface area contributed by atoms with E-state index in [4.69, 9.17) is 4.42 Å². The quantitative estimate of drug-likeness (QED) is 0.924. The molecule has 5 heteroatoms. The monoisotopic (exact) mass is 269 g/mol. The van der Waals surface area contributed by atoms with Crippen molar-refractivity contribution in [1.29, 1.82) is 5.26 Å². The number of nitrogens with zero attached hydrogens (tertiary/aromatic N) is 2. The van der Waals surface area contributed by atoms with Crippen LogP contribution in [-0.4, -0.2) is 10.9 Å².